The fourth-order valence-electron chi connectivity index (χ4n) is 2.65. The van der Waals surface area contributed by atoms with Crippen LogP contribution >= 0.6 is 11.8 Å². The molecule has 0 aromatic heterocycles. The van der Waals surface area contributed by atoms with Crippen molar-refractivity contribution in [1.29, 1.82) is 0 Å². The van der Waals surface area contributed by atoms with Gasteiger partial charge < -0.3 is 9.84 Å². The van der Waals surface area contributed by atoms with Crippen molar-refractivity contribution in [2.24, 2.45) is 5.92 Å². The first-order valence-corrected chi connectivity index (χ1v) is 9.35. The highest BCUT2D eigenvalue weighted by Gasteiger charge is 2.49. The number of carbonyl (C=O) groups is 1. The maximum Gasteiger partial charge on any atom is 0.322 e. The van der Waals surface area contributed by atoms with E-state index in [2.05, 4.69) is 0 Å². The summed E-state index contributed by atoms with van der Waals surface area (Å²) in [5.74, 6) is -0.657. The fourth-order valence-corrected chi connectivity index (χ4v) is 6.83. The maximum absolute atomic E-state index is 12.8. The standard InChI is InChI=1S/C12H21NO5S2/c1-8(2)11-13(10(7-19-11)12(14)15)20(16,17)9-3-5-18-6-4-9/h8-11H,3-7H2,1-2H3,(H,14,15). The van der Waals surface area contributed by atoms with Crippen LogP contribution in [0, 0.1) is 5.92 Å². The second-order valence-corrected chi connectivity index (χ2v) is 8.78. The average molecular weight is 323 g/mol. The number of hydrogen-bond donors (Lipinski definition) is 1. The molecule has 116 valence electrons. The van der Waals surface area contributed by atoms with Gasteiger partial charge in [-0.3, -0.25) is 4.79 Å². The summed E-state index contributed by atoms with van der Waals surface area (Å²) in [6.45, 7) is 4.70. The van der Waals surface area contributed by atoms with Crippen molar-refractivity contribution in [3.63, 3.8) is 0 Å². The molecule has 2 rings (SSSR count). The fraction of sp³-hybridized carbons (Fsp3) is 0.917. The van der Waals surface area contributed by atoms with Crippen LogP contribution in [-0.2, 0) is 19.6 Å². The van der Waals surface area contributed by atoms with E-state index in [1.807, 2.05) is 13.8 Å². The van der Waals surface area contributed by atoms with Gasteiger partial charge in [0.2, 0.25) is 10.0 Å². The lowest BCUT2D eigenvalue weighted by Crippen LogP contribution is -2.51. The molecule has 2 saturated heterocycles. The van der Waals surface area contributed by atoms with Gasteiger partial charge in [-0.05, 0) is 18.8 Å². The second kappa shape index (κ2) is 6.21. The third-order valence-electron chi connectivity index (χ3n) is 3.72. The van der Waals surface area contributed by atoms with Crippen LogP contribution < -0.4 is 0 Å². The first-order valence-electron chi connectivity index (χ1n) is 6.80. The molecule has 20 heavy (non-hydrogen) atoms. The van der Waals surface area contributed by atoms with Crippen molar-refractivity contribution >= 4 is 27.8 Å². The van der Waals surface area contributed by atoms with Gasteiger partial charge in [-0.15, -0.1) is 11.8 Å². The molecule has 8 heteroatoms. The van der Waals surface area contributed by atoms with Crippen LogP contribution in [0.2, 0.25) is 0 Å². The molecular weight excluding hydrogens is 302 g/mol. The molecule has 0 aromatic rings. The van der Waals surface area contributed by atoms with E-state index >= 15 is 0 Å². The summed E-state index contributed by atoms with van der Waals surface area (Å²) in [5, 5.41) is 8.50. The van der Waals surface area contributed by atoms with Crippen molar-refractivity contribution in [2.75, 3.05) is 19.0 Å². The molecule has 0 spiro atoms. The Morgan fingerprint density at radius 3 is 2.45 bits per heavy atom. The van der Waals surface area contributed by atoms with E-state index < -0.39 is 27.3 Å². The molecule has 6 nitrogen and oxygen atoms in total. The topological polar surface area (TPSA) is 83.9 Å². The minimum atomic E-state index is -3.60. The zero-order valence-electron chi connectivity index (χ0n) is 11.7. The predicted molar refractivity (Wildman–Crippen MR) is 77.1 cm³/mol. The van der Waals surface area contributed by atoms with Crippen LogP contribution in [0.15, 0.2) is 0 Å². The first kappa shape index (κ1) is 16.1. The van der Waals surface area contributed by atoms with Crippen LogP contribution in [-0.4, -0.2) is 59.4 Å². The van der Waals surface area contributed by atoms with Gasteiger partial charge in [0.1, 0.15) is 6.04 Å². The number of thioether (sulfide) groups is 1. The minimum Gasteiger partial charge on any atom is -0.480 e. The van der Waals surface area contributed by atoms with Crippen LogP contribution in [0.25, 0.3) is 0 Å². The first-order chi connectivity index (χ1) is 9.35. The predicted octanol–water partition coefficient (Wildman–Crippen LogP) is 0.979. The molecule has 2 atom stereocenters. The van der Waals surface area contributed by atoms with Crippen molar-refractivity contribution in [2.45, 2.75) is 43.4 Å². The lowest BCUT2D eigenvalue weighted by Gasteiger charge is -2.33. The number of nitrogens with zero attached hydrogens (tertiary/aromatic N) is 1. The lowest BCUT2D eigenvalue weighted by atomic mass is 10.2. The molecule has 0 aromatic carbocycles. The monoisotopic (exact) mass is 323 g/mol. The number of carboxylic acid groups (broad SMARTS) is 1. The highest BCUT2D eigenvalue weighted by Crippen LogP contribution is 2.38. The average Bonchev–Trinajstić information content (AvgIpc) is 2.85. The van der Waals surface area contributed by atoms with E-state index in [0.717, 1.165) is 0 Å². The highest BCUT2D eigenvalue weighted by atomic mass is 32.2. The van der Waals surface area contributed by atoms with Gasteiger partial charge in [-0.25, -0.2) is 8.42 Å². The normalized spacial score (nSPS) is 29.9. The number of aliphatic carboxylic acids is 1. The number of hydrogen-bond acceptors (Lipinski definition) is 5. The van der Waals surface area contributed by atoms with Crippen LogP contribution in [0.3, 0.4) is 0 Å². The number of sulfonamides is 1. The molecule has 0 radical (unpaired) electrons. The summed E-state index contributed by atoms with van der Waals surface area (Å²) in [7, 11) is -3.60. The summed E-state index contributed by atoms with van der Waals surface area (Å²) in [4.78, 5) is 11.4. The molecular formula is C12H21NO5S2. The number of rotatable bonds is 4. The Balaban J connectivity index is 2.30. The van der Waals surface area contributed by atoms with E-state index in [9.17, 15) is 18.3 Å². The van der Waals surface area contributed by atoms with E-state index in [1.165, 1.54) is 16.1 Å². The van der Waals surface area contributed by atoms with Gasteiger partial charge >= 0.3 is 5.97 Å². The van der Waals surface area contributed by atoms with Gasteiger partial charge in [-0.1, -0.05) is 13.8 Å². The van der Waals surface area contributed by atoms with Gasteiger partial charge in [0.05, 0.1) is 10.6 Å². The minimum absolute atomic E-state index is 0.0824. The number of ether oxygens (including phenoxy) is 1. The number of carboxylic acids is 1. The van der Waals surface area contributed by atoms with Crippen LogP contribution in [0.1, 0.15) is 26.7 Å². The summed E-state index contributed by atoms with van der Waals surface area (Å²) in [6.07, 6.45) is 0.890. The lowest BCUT2D eigenvalue weighted by molar-refractivity contribution is -0.140. The summed E-state index contributed by atoms with van der Waals surface area (Å²) in [6, 6.07) is -0.944. The maximum atomic E-state index is 12.8. The molecule has 0 saturated carbocycles. The zero-order valence-corrected chi connectivity index (χ0v) is 13.3. The molecule has 0 aliphatic carbocycles. The van der Waals surface area contributed by atoms with Gasteiger partial charge in [0, 0.05) is 19.0 Å². The molecule has 2 aliphatic heterocycles. The second-order valence-electron chi connectivity index (χ2n) is 5.51. The van der Waals surface area contributed by atoms with E-state index in [1.54, 1.807) is 0 Å². The smallest absolute Gasteiger partial charge is 0.322 e. The molecule has 0 bridgehead atoms. The Morgan fingerprint density at radius 1 is 1.35 bits per heavy atom. The van der Waals surface area contributed by atoms with Crippen LogP contribution in [0.4, 0.5) is 0 Å². The van der Waals surface area contributed by atoms with E-state index in [4.69, 9.17) is 4.74 Å². The van der Waals surface area contributed by atoms with Crippen LogP contribution in [0.5, 0.6) is 0 Å². The van der Waals surface area contributed by atoms with Crippen molar-refractivity contribution in [3.8, 4) is 0 Å². The van der Waals surface area contributed by atoms with Crippen molar-refractivity contribution in [1.82, 2.24) is 4.31 Å². The van der Waals surface area contributed by atoms with Gasteiger partial charge in [0.15, 0.2) is 0 Å². The SMILES string of the molecule is CC(C)C1SCC(C(=O)O)N1S(=O)(=O)C1CCOCC1. The third-order valence-corrected chi connectivity index (χ3v) is 7.86. The van der Waals surface area contributed by atoms with Gasteiger partial charge in [0.25, 0.3) is 0 Å². The Hall–Kier alpha value is -0.310. The molecule has 2 fully saturated rings. The highest BCUT2D eigenvalue weighted by molar-refractivity contribution is 8.01. The largest absolute Gasteiger partial charge is 0.480 e. The quantitative estimate of drug-likeness (QED) is 0.830. The van der Waals surface area contributed by atoms with Crippen molar-refractivity contribution < 1.29 is 23.1 Å². The Labute approximate surface area is 123 Å². The molecule has 0 amide bonds. The molecule has 2 aliphatic rings. The summed E-state index contributed by atoms with van der Waals surface area (Å²) in [5.41, 5.74) is 0. The van der Waals surface area contributed by atoms with E-state index in [-0.39, 0.29) is 11.3 Å². The Morgan fingerprint density at radius 2 is 1.95 bits per heavy atom. The van der Waals surface area contributed by atoms with E-state index in [0.29, 0.717) is 31.8 Å². The Bertz CT molecular complexity index is 458. The van der Waals surface area contributed by atoms with Gasteiger partial charge in [-0.2, -0.15) is 4.31 Å². The summed E-state index contributed by atoms with van der Waals surface area (Å²) >= 11 is 1.42. The molecule has 2 heterocycles. The molecule has 2 unspecified atom stereocenters. The summed E-state index contributed by atoms with van der Waals surface area (Å²) < 4.78 is 32.1. The molecule has 1 N–H and O–H groups in total. The zero-order chi connectivity index (χ0) is 14.9. The Kier molecular flexibility index (Phi) is 4.99. The van der Waals surface area contributed by atoms with Crippen molar-refractivity contribution in [3.05, 3.63) is 0 Å². The third kappa shape index (κ3) is 2.98.